The number of nitro benzene ring substituents is 1. The van der Waals surface area contributed by atoms with Crippen LogP contribution in [0.15, 0.2) is 59.7 Å². The number of anilines is 1. The molecule has 0 aliphatic carbocycles. The zero-order chi connectivity index (χ0) is 21.0. The average molecular weight is 415 g/mol. The number of non-ortho nitro benzene ring substituents is 1. The summed E-state index contributed by atoms with van der Waals surface area (Å²) in [6.07, 6.45) is 1.28. The monoisotopic (exact) mass is 414 g/mol. The highest BCUT2D eigenvalue weighted by molar-refractivity contribution is 6.30. The van der Waals surface area contributed by atoms with E-state index in [4.69, 9.17) is 16.3 Å². The number of carbonyl (C=O) groups is 1. The van der Waals surface area contributed by atoms with Gasteiger partial charge in [-0.1, -0.05) is 23.7 Å². The molecule has 2 aromatic carbocycles. The van der Waals surface area contributed by atoms with Crippen molar-refractivity contribution < 1.29 is 14.5 Å². The summed E-state index contributed by atoms with van der Waals surface area (Å²) >= 11 is 5.85. The standard InChI is InChI=1S/C19H15ClN4O5/c1-29-17-8-14(24(27)28)6-7-15(17)22-18(25)10-23-11-21-16(9-19(23)26)12-2-4-13(20)5-3-12/h2-9,11H,10H2,1H3,(H,22,25). The van der Waals surface area contributed by atoms with Crippen molar-refractivity contribution in [2.45, 2.75) is 6.54 Å². The molecule has 0 saturated heterocycles. The molecule has 0 atom stereocenters. The maximum absolute atomic E-state index is 12.3. The third-order valence-corrected chi connectivity index (χ3v) is 4.26. The Kier molecular flexibility index (Phi) is 5.89. The molecule has 9 nitrogen and oxygen atoms in total. The second-order valence-corrected chi connectivity index (χ2v) is 6.37. The Morgan fingerprint density at radius 1 is 1.24 bits per heavy atom. The third-order valence-electron chi connectivity index (χ3n) is 4.00. The van der Waals surface area contributed by atoms with Crippen molar-refractivity contribution in [3.63, 3.8) is 0 Å². The Morgan fingerprint density at radius 3 is 2.59 bits per heavy atom. The minimum absolute atomic E-state index is 0.135. The molecule has 0 saturated carbocycles. The van der Waals surface area contributed by atoms with Gasteiger partial charge in [0, 0.05) is 22.7 Å². The minimum atomic E-state index is -0.568. The molecule has 1 heterocycles. The van der Waals surface area contributed by atoms with Gasteiger partial charge in [-0.3, -0.25) is 24.3 Å². The van der Waals surface area contributed by atoms with Crippen molar-refractivity contribution in [2.75, 3.05) is 12.4 Å². The van der Waals surface area contributed by atoms with E-state index in [2.05, 4.69) is 10.3 Å². The molecule has 10 heteroatoms. The van der Waals surface area contributed by atoms with Gasteiger partial charge < -0.3 is 10.1 Å². The van der Waals surface area contributed by atoms with E-state index in [1.807, 2.05) is 0 Å². The summed E-state index contributed by atoms with van der Waals surface area (Å²) < 4.78 is 6.22. The number of aromatic nitrogens is 2. The van der Waals surface area contributed by atoms with Gasteiger partial charge in [0.25, 0.3) is 11.2 Å². The number of hydrogen-bond acceptors (Lipinski definition) is 6. The number of halogens is 1. The maximum atomic E-state index is 12.3. The van der Waals surface area contributed by atoms with Crippen LogP contribution in [0.3, 0.4) is 0 Å². The molecule has 0 unspecified atom stereocenters. The number of rotatable bonds is 6. The van der Waals surface area contributed by atoms with Crippen molar-refractivity contribution in [3.8, 4) is 17.0 Å². The number of amides is 1. The quantitative estimate of drug-likeness (QED) is 0.489. The normalized spacial score (nSPS) is 10.4. The Bertz CT molecular complexity index is 1130. The van der Waals surface area contributed by atoms with E-state index in [1.165, 1.54) is 37.7 Å². The molecule has 3 aromatic rings. The summed E-state index contributed by atoms with van der Waals surface area (Å²) in [6, 6.07) is 12.0. The van der Waals surface area contributed by atoms with Crippen molar-refractivity contribution in [3.05, 3.63) is 80.3 Å². The van der Waals surface area contributed by atoms with E-state index in [0.717, 1.165) is 10.1 Å². The summed E-state index contributed by atoms with van der Waals surface area (Å²) in [5, 5.41) is 14.0. The topological polar surface area (TPSA) is 116 Å². The Labute approximate surface area is 169 Å². The summed E-state index contributed by atoms with van der Waals surface area (Å²) in [7, 11) is 1.33. The molecule has 0 spiro atoms. The van der Waals surface area contributed by atoms with Crippen molar-refractivity contribution in [2.24, 2.45) is 0 Å². The van der Waals surface area contributed by atoms with Gasteiger partial charge in [0.2, 0.25) is 5.91 Å². The Morgan fingerprint density at radius 2 is 1.97 bits per heavy atom. The molecular weight excluding hydrogens is 400 g/mol. The lowest BCUT2D eigenvalue weighted by atomic mass is 10.1. The van der Waals surface area contributed by atoms with Crippen LogP contribution < -0.4 is 15.6 Å². The largest absolute Gasteiger partial charge is 0.494 e. The fraction of sp³-hybridized carbons (Fsp3) is 0.105. The number of carbonyl (C=O) groups excluding carboxylic acids is 1. The van der Waals surface area contributed by atoms with Crippen LogP contribution in [0.1, 0.15) is 0 Å². The summed E-state index contributed by atoms with van der Waals surface area (Å²) in [5.74, 6) is -0.378. The summed E-state index contributed by atoms with van der Waals surface area (Å²) in [5.41, 5.74) is 0.856. The SMILES string of the molecule is COc1cc([N+](=O)[O-])ccc1NC(=O)Cn1cnc(-c2ccc(Cl)cc2)cc1=O. The number of benzene rings is 2. The lowest BCUT2D eigenvalue weighted by Gasteiger charge is -2.11. The Hall–Kier alpha value is -3.72. The fourth-order valence-electron chi connectivity index (χ4n) is 2.56. The number of hydrogen-bond donors (Lipinski definition) is 1. The molecule has 148 valence electrons. The van der Waals surface area contributed by atoms with Crippen molar-refractivity contribution in [1.82, 2.24) is 9.55 Å². The van der Waals surface area contributed by atoms with Crippen LogP contribution in [-0.4, -0.2) is 27.5 Å². The van der Waals surface area contributed by atoms with Crippen LogP contribution in [-0.2, 0) is 11.3 Å². The zero-order valence-corrected chi connectivity index (χ0v) is 15.9. The summed E-state index contributed by atoms with van der Waals surface area (Å²) in [4.78, 5) is 39.1. The first-order valence-electron chi connectivity index (χ1n) is 8.32. The number of nitro groups is 1. The lowest BCUT2D eigenvalue weighted by molar-refractivity contribution is -0.384. The molecule has 0 radical (unpaired) electrons. The number of methoxy groups -OCH3 is 1. The van der Waals surface area contributed by atoms with E-state index in [1.54, 1.807) is 24.3 Å². The van der Waals surface area contributed by atoms with E-state index in [-0.39, 0.29) is 23.7 Å². The molecular formula is C19H15ClN4O5. The van der Waals surface area contributed by atoms with Crippen molar-refractivity contribution in [1.29, 1.82) is 0 Å². The first kappa shape index (κ1) is 20.0. The first-order chi connectivity index (χ1) is 13.9. The smallest absolute Gasteiger partial charge is 0.273 e. The van der Waals surface area contributed by atoms with Gasteiger partial charge in [0.05, 0.1) is 35.8 Å². The van der Waals surface area contributed by atoms with Gasteiger partial charge in [-0.2, -0.15) is 0 Å². The van der Waals surface area contributed by atoms with E-state index < -0.39 is 16.4 Å². The predicted octanol–water partition coefficient (Wildman–Crippen LogP) is 3.12. The number of nitrogens with zero attached hydrogens (tertiary/aromatic N) is 3. The number of nitrogens with one attached hydrogen (secondary N) is 1. The molecule has 1 N–H and O–H groups in total. The molecule has 3 rings (SSSR count). The molecule has 0 aliphatic heterocycles. The van der Waals surface area contributed by atoms with Gasteiger partial charge in [-0.05, 0) is 18.2 Å². The second-order valence-electron chi connectivity index (χ2n) is 5.94. The van der Waals surface area contributed by atoms with Crippen LogP contribution >= 0.6 is 11.6 Å². The van der Waals surface area contributed by atoms with Gasteiger partial charge >= 0.3 is 0 Å². The highest BCUT2D eigenvalue weighted by atomic mass is 35.5. The molecule has 29 heavy (non-hydrogen) atoms. The van der Waals surface area contributed by atoms with Crippen LogP contribution in [0.4, 0.5) is 11.4 Å². The van der Waals surface area contributed by atoms with Crippen LogP contribution in [0.2, 0.25) is 5.02 Å². The highest BCUT2D eigenvalue weighted by Crippen LogP contribution is 2.29. The second kappa shape index (κ2) is 8.53. The zero-order valence-electron chi connectivity index (χ0n) is 15.2. The summed E-state index contributed by atoms with van der Waals surface area (Å²) in [6.45, 7) is -0.285. The van der Waals surface area contributed by atoms with E-state index >= 15 is 0 Å². The van der Waals surface area contributed by atoms with Crippen LogP contribution in [0.5, 0.6) is 5.75 Å². The lowest BCUT2D eigenvalue weighted by Crippen LogP contribution is -2.27. The Balaban J connectivity index is 1.75. The third kappa shape index (κ3) is 4.77. The average Bonchev–Trinajstić information content (AvgIpc) is 2.70. The van der Waals surface area contributed by atoms with E-state index in [9.17, 15) is 19.7 Å². The van der Waals surface area contributed by atoms with Crippen LogP contribution in [0.25, 0.3) is 11.3 Å². The molecule has 1 amide bonds. The predicted molar refractivity (Wildman–Crippen MR) is 107 cm³/mol. The van der Waals surface area contributed by atoms with Crippen molar-refractivity contribution >= 4 is 28.9 Å². The minimum Gasteiger partial charge on any atom is -0.494 e. The molecule has 1 aromatic heterocycles. The molecule has 0 bridgehead atoms. The fourth-order valence-corrected chi connectivity index (χ4v) is 2.69. The van der Waals surface area contributed by atoms with Gasteiger partial charge in [0.1, 0.15) is 12.3 Å². The van der Waals surface area contributed by atoms with Gasteiger partial charge in [0.15, 0.2) is 0 Å². The first-order valence-corrected chi connectivity index (χ1v) is 8.70. The molecule has 0 aliphatic rings. The molecule has 0 fully saturated rings. The van der Waals surface area contributed by atoms with Gasteiger partial charge in [-0.15, -0.1) is 0 Å². The van der Waals surface area contributed by atoms with E-state index in [0.29, 0.717) is 10.7 Å². The van der Waals surface area contributed by atoms with Crippen LogP contribution in [0, 0.1) is 10.1 Å². The van der Waals surface area contributed by atoms with Gasteiger partial charge in [-0.25, -0.2) is 4.98 Å². The number of ether oxygens (including phenoxy) is 1. The highest BCUT2D eigenvalue weighted by Gasteiger charge is 2.14. The maximum Gasteiger partial charge on any atom is 0.273 e.